The average molecular weight is 495 g/mol. The second-order valence-corrected chi connectivity index (χ2v) is 8.84. The fraction of sp³-hybridized carbons (Fsp3) is 0.172. The molecule has 1 atom stereocenters. The Kier molecular flexibility index (Phi) is 5.75. The number of imide groups is 1. The maximum atomic E-state index is 13.4. The SMILES string of the molecule is COC(=O)c1ccc2nc(N3C(=O)c4ccccc4C3=O)c3c(c2c1)COC3COCc1ccccc1. The quantitative estimate of drug-likeness (QED) is 0.285. The van der Waals surface area contributed by atoms with Gasteiger partial charge < -0.3 is 14.2 Å². The summed E-state index contributed by atoms with van der Waals surface area (Å²) in [5.74, 6) is -1.11. The normalized spacial score (nSPS) is 16.2. The van der Waals surface area contributed by atoms with Crippen molar-refractivity contribution in [3.63, 3.8) is 0 Å². The van der Waals surface area contributed by atoms with Crippen LogP contribution in [0.5, 0.6) is 0 Å². The predicted octanol–water partition coefficient (Wildman–Crippen LogP) is 4.61. The van der Waals surface area contributed by atoms with Gasteiger partial charge in [0.15, 0.2) is 0 Å². The Bertz CT molecular complexity index is 1530. The first-order valence-corrected chi connectivity index (χ1v) is 11.8. The van der Waals surface area contributed by atoms with Gasteiger partial charge in [-0.1, -0.05) is 42.5 Å². The van der Waals surface area contributed by atoms with Crippen molar-refractivity contribution in [3.8, 4) is 0 Å². The average Bonchev–Trinajstić information content (AvgIpc) is 3.47. The highest BCUT2D eigenvalue weighted by molar-refractivity contribution is 6.34. The van der Waals surface area contributed by atoms with E-state index in [1.165, 1.54) is 7.11 Å². The molecule has 0 saturated carbocycles. The summed E-state index contributed by atoms with van der Waals surface area (Å²) in [4.78, 5) is 44.8. The molecule has 0 saturated heterocycles. The van der Waals surface area contributed by atoms with Gasteiger partial charge in [-0.3, -0.25) is 9.59 Å². The first-order valence-electron chi connectivity index (χ1n) is 11.8. The summed E-state index contributed by atoms with van der Waals surface area (Å²) in [7, 11) is 1.32. The van der Waals surface area contributed by atoms with Crippen molar-refractivity contribution in [2.45, 2.75) is 19.3 Å². The minimum absolute atomic E-state index is 0.196. The summed E-state index contributed by atoms with van der Waals surface area (Å²) < 4.78 is 17.0. The molecule has 3 aromatic carbocycles. The number of carbonyl (C=O) groups excluding carboxylic acids is 3. The van der Waals surface area contributed by atoms with Gasteiger partial charge in [0.1, 0.15) is 11.9 Å². The Morgan fingerprint density at radius 3 is 2.41 bits per heavy atom. The van der Waals surface area contributed by atoms with Gasteiger partial charge in [0.05, 0.1) is 49.1 Å². The Morgan fingerprint density at radius 1 is 1.00 bits per heavy atom. The lowest BCUT2D eigenvalue weighted by Crippen LogP contribution is -2.32. The molecule has 0 N–H and O–H groups in total. The molecule has 3 heterocycles. The predicted molar refractivity (Wildman–Crippen MR) is 134 cm³/mol. The van der Waals surface area contributed by atoms with Gasteiger partial charge in [-0.2, -0.15) is 0 Å². The van der Waals surface area contributed by atoms with Gasteiger partial charge in [0, 0.05) is 10.9 Å². The number of pyridine rings is 1. The van der Waals surface area contributed by atoms with Gasteiger partial charge in [-0.25, -0.2) is 14.7 Å². The largest absolute Gasteiger partial charge is 0.465 e. The molecule has 0 aliphatic carbocycles. The van der Waals surface area contributed by atoms with E-state index < -0.39 is 23.9 Å². The summed E-state index contributed by atoms with van der Waals surface area (Å²) in [6, 6.07) is 21.5. The van der Waals surface area contributed by atoms with Crippen molar-refractivity contribution < 1.29 is 28.6 Å². The fourth-order valence-electron chi connectivity index (χ4n) is 4.88. The van der Waals surface area contributed by atoms with E-state index in [9.17, 15) is 14.4 Å². The van der Waals surface area contributed by atoms with Gasteiger partial charge in [0.2, 0.25) is 0 Å². The van der Waals surface area contributed by atoms with E-state index in [1.54, 1.807) is 42.5 Å². The number of aromatic nitrogens is 1. The number of methoxy groups -OCH3 is 1. The number of ether oxygens (including phenoxy) is 3. The fourth-order valence-corrected chi connectivity index (χ4v) is 4.88. The van der Waals surface area contributed by atoms with Crippen LogP contribution in [0, 0.1) is 0 Å². The number of anilines is 1. The van der Waals surface area contributed by atoms with E-state index in [-0.39, 0.29) is 19.0 Å². The molecule has 8 nitrogen and oxygen atoms in total. The molecule has 0 spiro atoms. The van der Waals surface area contributed by atoms with Crippen LogP contribution in [0.25, 0.3) is 10.9 Å². The molecule has 6 rings (SSSR count). The van der Waals surface area contributed by atoms with Gasteiger partial charge in [0.25, 0.3) is 11.8 Å². The Labute approximate surface area is 212 Å². The smallest absolute Gasteiger partial charge is 0.337 e. The maximum Gasteiger partial charge on any atom is 0.337 e. The van der Waals surface area contributed by atoms with E-state index in [0.29, 0.717) is 39.8 Å². The Morgan fingerprint density at radius 2 is 1.70 bits per heavy atom. The zero-order valence-electron chi connectivity index (χ0n) is 20.0. The topological polar surface area (TPSA) is 95.0 Å². The lowest BCUT2D eigenvalue weighted by molar-refractivity contribution is -0.0143. The maximum absolute atomic E-state index is 13.4. The molecule has 2 amide bonds. The van der Waals surface area contributed by atoms with Gasteiger partial charge in [-0.15, -0.1) is 0 Å². The third-order valence-corrected chi connectivity index (χ3v) is 6.67. The number of esters is 1. The molecule has 0 bridgehead atoms. The van der Waals surface area contributed by atoms with Crippen molar-refractivity contribution in [1.29, 1.82) is 0 Å². The summed E-state index contributed by atoms with van der Waals surface area (Å²) in [5, 5.41) is 0.698. The van der Waals surface area contributed by atoms with E-state index in [0.717, 1.165) is 16.0 Å². The van der Waals surface area contributed by atoms with Crippen LogP contribution in [0.15, 0.2) is 72.8 Å². The molecule has 0 fully saturated rings. The number of amides is 2. The Hall–Kier alpha value is -4.40. The molecule has 1 aromatic heterocycles. The highest BCUT2D eigenvalue weighted by Crippen LogP contribution is 2.43. The second kappa shape index (κ2) is 9.24. The van der Waals surface area contributed by atoms with E-state index >= 15 is 0 Å². The van der Waals surface area contributed by atoms with Crippen molar-refractivity contribution in [1.82, 2.24) is 4.98 Å². The number of rotatable bonds is 6. The lowest BCUT2D eigenvalue weighted by Gasteiger charge is -2.21. The second-order valence-electron chi connectivity index (χ2n) is 8.84. The number of hydrogen-bond donors (Lipinski definition) is 0. The van der Waals surface area contributed by atoms with Crippen LogP contribution in [0.4, 0.5) is 5.82 Å². The third kappa shape index (κ3) is 3.87. The first kappa shape index (κ1) is 23.0. The molecule has 184 valence electrons. The van der Waals surface area contributed by atoms with Crippen LogP contribution in [0.3, 0.4) is 0 Å². The molecular formula is C29H22N2O6. The zero-order chi connectivity index (χ0) is 25.5. The highest BCUT2D eigenvalue weighted by Gasteiger charge is 2.42. The lowest BCUT2D eigenvalue weighted by atomic mass is 9.99. The highest BCUT2D eigenvalue weighted by atomic mass is 16.5. The number of hydrogen-bond acceptors (Lipinski definition) is 7. The standard InChI is InChI=1S/C29H22N2O6/c1-35-29(34)18-11-12-23-21(13-18)22-15-37-24(16-36-14-17-7-3-2-4-8-17)25(22)26(30-23)31-27(32)19-9-5-6-10-20(19)28(31)33/h2-13,24H,14-16H2,1H3. The van der Waals surface area contributed by atoms with Crippen LogP contribution in [-0.2, 0) is 27.4 Å². The molecule has 8 heteroatoms. The Balaban J connectivity index is 1.44. The minimum atomic E-state index is -0.559. The third-order valence-electron chi connectivity index (χ3n) is 6.67. The van der Waals surface area contributed by atoms with Gasteiger partial charge >= 0.3 is 5.97 Å². The summed E-state index contributed by atoms with van der Waals surface area (Å²) >= 11 is 0. The number of benzene rings is 3. The molecule has 0 radical (unpaired) electrons. The molecular weight excluding hydrogens is 472 g/mol. The number of nitrogens with zero attached hydrogens (tertiary/aromatic N) is 2. The summed E-state index contributed by atoms with van der Waals surface area (Å²) in [6.07, 6.45) is -0.559. The van der Waals surface area contributed by atoms with Crippen molar-refractivity contribution in [2.75, 3.05) is 18.6 Å². The minimum Gasteiger partial charge on any atom is -0.465 e. The number of carbonyl (C=O) groups is 3. The monoisotopic (exact) mass is 494 g/mol. The van der Waals surface area contributed by atoms with Crippen molar-refractivity contribution in [2.24, 2.45) is 0 Å². The van der Waals surface area contributed by atoms with E-state index in [1.807, 2.05) is 30.3 Å². The first-order chi connectivity index (χ1) is 18.1. The van der Waals surface area contributed by atoms with Crippen LogP contribution in [0.2, 0.25) is 0 Å². The molecule has 1 unspecified atom stereocenters. The van der Waals surface area contributed by atoms with E-state index in [2.05, 4.69) is 0 Å². The van der Waals surface area contributed by atoms with Gasteiger partial charge in [-0.05, 0) is 41.5 Å². The summed E-state index contributed by atoms with van der Waals surface area (Å²) in [6.45, 7) is 0.794. The van der Waals surface area contributed by atoms with Crippen molar-refractivity contribution >= 4 is 34.5 Å². The van der Waals surface area contributed by atoms with Crippen LogP contribution >= 0.6 is 0 Å². The molecule has 37 heavy (non-hydrogen) atoms. The zero-order valence-corrected chi connectivity index (χ0v) is 20.0. The summed E-state index contributed by atoms with van der Waals surface area (Å²) in [5.41, 5.74) is 3.96. The van der Waals surface area contributed by atoms with Crippen LogP contribution in [0.1, 0.15) is 53.9 Å². The molecule has 2 aliphatic rings. The van der Waals surface area contributed by atoms with E-state index in [4.69, 9.17) is 19.2 Å². The van der Waals surface area contributed by atoms with Crippen LogP contribution in [-0.4, -0.2) is 36.5 Å². The van der Waals surface area contributed by atoms with Crippen LogP contribution < -0.4 is 4.90 Å². The number of fused-ring (bicyclic) bond motifs is 4. The molecule has 4 aromatic rings. The molecule has 2 aliphatic heterocycles. The van der Waals surface area contributed by atoms with Crippen molar-refractivity contribution in [3.05, 3.63) is 106 Å².